The third-order valence-corrected chi connectivity index (χ3v) is 6.64. The van der Waals surface area contributed by atoms with Crippen molar-refractivity contribution in [1.29, 1.82) is 0 Å². The smallest absolute Gasteiger partial charge is 0.329 e. The normalized spacial score (nSPS) is 16.6. The van der Waals surface area contributed by atoms with Crippen LogP contribution in [0.25, 0.3) is 10.8 Å². The highest BCUT2D eigenvalue weighted by atomic mass is 16.5. The lowest BCUT2D eigenvalue weighted by Gasteiger charge is -2.35. The molecule has 0 saturated carbocycles. The average Bonchev–Trinajstić information content (AvgIpc) is 3.31. The van der Waals surface area contributed by atoms with Crippen molar-refractivity contribution in [3.05, 3.63) is 78.1 Å². The van der Waals surface area contributed by atoms with E-state index in [-0.39, 0.29) is 30.6 Å². The fourth-order valence-electron chi connectivity index (χ4n) is 4.91. The summed E-state index contributed by atoms with van der Waals surface area (Å²) >= 11 is 0. The lowest BCUT2D eigenvalue weighted by atomic mass is 10.00. The van der Waals surface area contributed by atoms with Gasteiger partial charge in [0.15, 0.2) is 0 Å². The van der Waals surface area contributed by atoms with Gasteiger partial charge in [0.25, 0.3) is 0 Å². The van der Waals surface area contributed by atoms with Gasteiger partial charge in [0, 0.05) is 37.4 Å². The molecule has 1 aromatic heterocycles. The highest BCUT2D eigenvalue weighted by Gasteiger charge is 2.37. The van der Waals surface area contributed by atoms with E-state index >= 15 is 0 Å². The van der Waals surface area contributed by atoms with E-state index < -0.39 is 6.04 Å². The number of urea groups is 1. The summed E-state index contributed by atoms with van der Waals surface area (Å²) in [6, 6.07) is 17.1. The van der Waals surface area contributed by atoms with Crippen LogP contribution in [0.4, 0.5) is 4.79 Å². The van der Waals surface area contributed by atoms with E-state index in [1.807, 2.05) is 73.6 Å². The second-order valence-electron chi connectivity index (χ2n) is 9.39. The molecule has 3 aromatic rings. The van der Waals surface area contributed by atoms with Gasteiger partial charge in [-0.15, -0.1) is 0 Å². The topological polar surface area (TPSA) is 62.7 Å². The molecular weight excluding hydrogens is 426 g/mol. The van der Waals surface area contributed by atoms with E-state index in [2.05, 4.69) is 17.1 Å². The number of pyridine rings is 1. The summed E-state index contributed by atoms with van der Waals surface area (Å²) in [4.78, 5) is 34.4. The number of aromatic nitrogens is 1. The quantitative estimate of drug-likeness (QED) is 0.463. The van der Waals surface area contributed by atoms with Gasteiger partial charge < -0.3 is 14.5 Å². The Kier molecular flexibility index (Phi) is 7.46. The van der Waals surface area contributed by atoms with E-state index in [0.717, 1.165) is 35.8 Å². The predicted octanol–water partition coefficient (Wildman–Crippen LogP) is 5.06. The van der Waals surface area contributed by atoms with Gasteiger partial charge in [-0.1, -0.05) is 68.4 Å². The zero-order valence-corrected chi connectivity index (χ0v) is 20.2. The molecule has 0 aliphatic carbocycles. The molecule has 2 amide bonds. The van der Waals surface area contributed by atoms with Crippen LogP contribution >= 0.6 is 0 Å². The zero-order chi connectivity index (χ0) is 24.1. The number of hydrogen-bond donors (Lipinski definition) is 0. The number of hydrogen-bond acceptors (Lipinski definition) is 4. The summed E-state index contributed by atoms with van der Waals surface area (Å²) in [6.45, 7) is 4.78. The number of carbonyl (C=O) groups excluding carboxylic acids is 2. The minimum Gasteiger partial charge on any atom is -0.459 e. The van der Waals surface area contributed by atoms with E-state index in [4.69, 9.17) is 4.74 Å². The van der Waals surface area contributed by atoms with Crippen molar-refractivity contribution in [1.82, 2.24) is 14.8 Å². The number of carbonyl (C=O) groups is 2. The fourth-order valence-corrected chi connectivity index (χ4v) is 4.91. The molecule has 0 bridgehead atoms. The summed E-state index contributed by atoms with van der Waals surface area (Å²) < 4.78 is 5.60. The van der Waals surface area contributed by atoms with Crippen molar-refractivity contribution in [2.75, 3.05) is 13.6 Å². The van der Waals surface area contributed by atoms with Crippen LogP contribution in [0.2, 0.25) is 0 Å². The molecule has 1 aliphatic rings. The number of fused-ring (bicyclic) bond motifs is 1. The Hall–Kier alpha value is -3.41. The third kappa shape index (κ3) is 5.22. The van der Waals surface area contributed by atoms with E-state index in [1.54, 1.807) is 11.9 Å². The first kappa shape index (κ1) is 23.7. The molecule has 2 aromatic carbocycles. The molecule has 0 radical (unpaired) electrons. The number of nitrogens with zero attached hydrogens (tertiary/aromatic N) is 3. The van der Waals surface area contributed by atoms with Crippen LogP contribution in [0.1, 0.15) is 37.8 Å². The second kappa shape index (κ2) is 10.7. The summed E-state index contributed by atoms with van der Waals surface area (Å²) in [5.41, 5.74) is 2.07. The first-order chi connectivity index (χ1) is 16.5. The lowest BCUT2D eigenvalue weighted by molar-refractivity contribution is -0.151. The Bertz CT molecular complexity index is 1130. The maximum atomic E-state index is 13.6. The summed E-state index contributed by atoms with van der Waals surface area (Å²) in [6.07, 6.45) is 6.42. The Morgan fingerprint density at radius 3 is 2.59 bits per heavy atom. The highest BCUT2D eigenvalue weighted by Crippen LogP contribution is 2.27. The maximum absolute atomic E-state index is 13.6. The molecule has 178 valence electrons. The molecule has 0 N–H and O–H groups in total. The van der Waals surface area contributed by atoms with Crippen LogP contribution in [0.5, 0.6) is 0 Å². The summed E-state index contributed by atoms with van der Waals surface area (Å²) in [5.74, 6) is -0.441. The molecule has 4 rings (SSSR count). The maximum Gasteiger partial charge on any atom is 0.329 e. The Labute approximate surface area is 201 Å². The fraction of sp³-hybridized carbons (Fsp3) is 0.393. The summed E-state index contributed by atoms with van der Waals surface area (Å²) in [7, 11) is 1.71. The van der Waals surface area contributed by atoms with Gasteiger partial charge in [0.05, 0.1) is 0 Å². The summed E-state index contributed by atoms with van der Waals surface area (Å²) in [5, 5.41) is 2.28. The minimum atomic E-state index is -0.642. The Morgan fingerprint density at radius 1 is 1.09 bits per heavy atom. The van der Waals surface area contributed by atoms with Gasteiger partial charge in [0.2, 0.25) is 0 Å². The number of likely N-dealkylation sites (N-methyl/N-ethyl adjacent to an activating group) is 1. The van der Waals surface area contributed by atoms with Gasteiger partial charge in [0.1, 0.15) is 12.6 Å². The van der Waals surface area contributed by atoms with E-state index in [1.165, 1.54) is 5.39 Å². The lowest BCUT2D eigenvalue weighted by Crippen LogP contribution is -2.53. The van der Waals surface area contributed by atoms with Crippen LogP contribution in [0.15, 0.2) is 67.0 Å². The molecule has 2 atom stereocenters. The van der Waals surface area contributed by atoms with Crippen molar-refractivity contribution in [3.63, 3.8) is 0 Å². The van der Waals surface area contributed by atoms with Crippen molar-refractivity contribution in [2.45, 2.75) is 51.8 Å². The van der Waals surface area contributed by atoms with Crippen molar-refractivity contribution >= 4 is 22.8 Å². The van der Waals surface area contributed by atoms with Crippen LogP contribution in [-0.4, -0.2) is 52.5 Å². The SMILES string of the molecule is CC(C)[C@@H](C(=O)OCc1ccccc1)N(C)C(=O)N1CCC[C@@H]1Cc1cncc2ccccc12. The van der Waals surface area contributed by atoms with Crippen molar-refractivity contribution < 1.29 is 14.3 Å². The second-order valence-corrected chi connectivity index (χ2v) is 9.39. The number of likely N-dealkylation sites (tertiary alicyclic amines) is 1. The first-order valence-corrected chi connectivity index (χ1v) is 12.0. The van der Waals surface area contributed by atoms with Gasteiger partial charge in [-0.05, 0) is 41.7 Å². The first-order valence-electron chi connectivity index (χ1n) is 12.0. The molecule has 1 saturated heterocycles. The highest BCUT2D eigenvalue weighted by molar-refractivity contribution is 5.85. The molecule has 2 heterocycles. The van der Waals surface area contributed by atoms with Crippen LogP contribution in [-0.2, 0) is 22.6 Å². The molecule has 0 unspecified atom stereocenters. The number of amides is 2. The average molecular weight is 460 g/mol. The van der Waals surface area contributed by atoms with Crippen LogP contribution in [0.3, 0.4) is 0 Å². The zero-order valence-electron chi connectivity index (χ0n) is 20.2. The molecule has 6 nitrogen and oxygen atoms in total. The number of esters is 1. The van der Waals surface area contributed by atoms with Gasteiger partial charge >= 0.3 is 12.0 Å². The van der Waals surface area contributed by atoms with E-state index in [0.29, 0.717) is 6.54 Å². The molecule has 0 spiro atoms. The number of benzene rings is 2. The standard InChI is InChI=1S/C28H33N3O3/c1-20(2)26(27(32)34-19-21-10-5-4-6-11-21)30(3)28(33)31-15-9-13-24(31)16-23-18-29-17-22-12-7-8-14-25(22)23/h4-8,10-12,14,17-18,20,24,26H,9,13,15-16,19H2,1-3H3/t24-,26+/m1/s1. The van der Waals surface area contributed by atoms with Crippen molar-refractivity contribution in [2.24, 2.45) is 5.92 Å². The number of ether oxygens (including phenoxy) is 1. The monoisotopic (exact) mass is 459 g/mol. The van der Waals surface area contributed by atoms with Gasteiger partial charge in [-0.3, -0.25) is 4.98 Å². The number of rotatable bonds is 7. The Balaban J connectivity index is 1.46. The van der Waals surface area contributed by atoms with Crippen LogP contribution < -0.4 is 0 Å². The van der Waals surface area contributed by atoms with Gasteiger partial charge in [-0.25, -0.2) is 9.59 Å². The van der Waals surface area contributed by atoms with Crippen LogP contribution in [0, 0.1) is 5.92 Å². The van der Waals surface area contributed by atoms with E-state index in [9.17, 15) is 9.59 Å². The van der Waals surface area contributed by atoms with Crippen molar-refractivity contribution in [3.8, 4) is 0 Å². The molecule has 6 heteroatoms. The third-order valence-electron chi connectivity index (χ3n) is 6.64. The molecular formula is C28H33N3O3. The largest absolute Gasteiger partial charge is 0.459 e. The molecule has 1 aliphatic heterocycles. The Morgan fingerprint density at radius 2 is 1.82 bits per heavy atom. The molecule has 34 heavy (non-hydrogen) atoms. The van der Waals surface area contributed by atoms with Gasteiger partial charge in [-0.2, -0.15) is 0 Å². The molecule has 1 fully saturated rings. The predicted molar refractivity (Wildman–Crippen MR) is 133 cm³/mol. The minimum absolute atomic E-state index is 0.0689.